The van der Waals surface area contributed by atoms with Gasteiger partial charge in [0.05, 0.1) is 0 Å². The second kappa shape index (κ2) is 15.7. The maximum Gasteiger partial charge on any atom is 0.144 e. The molecular weight excluding hydrogens is 877 g/mol. The van der Waals surface area contributed by atoms with Crippen LogP contribution in [0.3, 0.4) is 0 Å². The third-order valence-electron chi connectivity index (χ3n) is 10.1. The zero-order chi connectivity index (χ0) is 37.3. The van der Waals surface area contributed by atoms with Crippen LogP contribution in [0.15, 0.2) is 203 Å². The molecule has 273 valence electrons. The summed E-state index contributed by atoms with van der Waals surface area (Å²) in [4.78, 5) is 8.87. The van der Waals surface area contributed by atoms with E-state index >= 15 is 0 Å². The quantitative estimate of drug-likeness (QED) is 0.161. The monoisotopic (exact) mass is 909 g/mol. The minimum atomic E-state index is 0. The van der Waals surface area contributed by atoms with Crippen LogP contribution in [0.2, 0.25) is 0 Å². The van der Waals surface area contributed by atoms with Gasteiger partial charge in [-0.1, -0.05) is 91.0 Å². The van der Waals surface area contributed by atoms with Crippen LogP contribution in [0, 0.1) is 12.1 Å². The van der Waals surface area contributed by atoms with E-state index in [4.69, 9.17) is 8.83 Å². The van der Waals surface area contributed by atoms with Crippen LogP contribution in [-0.4, -0.2) is 9.97 Å². The Labute approximate surface area is 343 Å². The molecule has 0 saturated heterocycles. The van der Waals surface area contributed by atoms with Crippen molar-refractivity contribution in [3.8, 4) is 55.9 Å². The van der Waals surface area contributed by atoms with Gasteiger partial charge in [0, 0.05) is 59.6 Å². The third kappa shape index (κ3) is 6.96. The smallest absolute Gasteiger partial charge is 0.144 e. The summed E-state index contributed by atoms with van der Waals surface area (Å²) in [6.07, 6.45) is 3.64. The number of rotatable bonds is 5. The van der Waals surface area contributed by atoms with Crippen molar-refractivity contribution in [1.29, 1.82) is 0 Å². The zero-order valence-corrected chi connectivity index (χ0v) is 32.9. The van der Waals surface area contributed by atoms with Crippen molar-refractivity contribution in [1.82, 2.24) is 9.97 Å². The predicted molar refractivity (Wildman–Crippen MR) is 228 cm³/mol. The number of hydrogen-bond acceptors (Lipinski definition) is 4. The molecule has 0 unspecified atom stereocenters. The summed E-state index contributed by atoms with van der Waals surface area (Å²) in [6.45, 7) is 0. The van der Waals surface area contributed by atoms with Crippen molar-refractivity contribution >= 4 is 43.9 Å². The third-order valence-corrected chi connectivity index (χ3v) is 10.1. The van der Waals surface area contributed by atoms with E-state index in [0.29, 0.717) is 0 Å². The van der Waals surface area contributed by atoms with Gasteiger partial charge in [0.25, 0.3) is 0 Å². The molecule has 57 heavy (non-hydrogen) atoms. The molecule has 4 nitrogen and oxygen atoms in total. The van der Waals surface area contributed by atoms with Gasteiger partial charge in [-0.25, -0.2) is 0 Å². The number of hydrogen-bond donors (Lipinski definition) is 0. The van der Waals surface area contributed by atoms with Gasteiger partial charge in [0.1, 0.15) is 22.3 Å². The first-order chi connectivity index (χ1) is 27.8. The molecule has 0 aliphatic rings. The average molecular weight is 909 g/mol. The van der Waals surface area contributed by atoms with Crippen molar-refractivity contribution < 1.29 is 28.9 Å². The summed E-state index contributed by atoms with van der Waals surface area (Å²) in [5.41, 5.74) is 13.8. The van der Waals surface area contributed by atoms with Crippen LogP contribution >= 0.6 is 0 Å². The summed E-state index contributed by atoms with van der Waals surface area (Å²) in [7, 11) is 0. The maximum absolute atomic E-state index is 6.75. The van der Waals surface area contributed by atoms with E-state index in [1.165, 1.54) is 5.56 Å². The SMILES string of the molecule is [Ir].[c-]1ccccc1-c1cc(-c2cc3oc4ccc(-c5ccccc5)cc4c3c3c2oc2ccc(-c4ccccc4)cc23)ccn1.[c-]1ccccc1-c1ccccn1. The summed E-state index contributed by atoms with van der Waals surface area (Å²) >= 11 is 0. The van der Waals surface area contributed by atoms with E-state index in [9.17, 15) is 0 Å². The normalized spacial score (nSPS) is 11.0. The van der Waals surface area contributed by atoms with Crippen molar-refractivity contribution in [2.45, 2.75) is 0 Å². The molecule has 0 bridgehead atoms. The molecule has 0 aliphatic carbocycles. The van der Waals surface area contributed by atoms with Crippen LogP contribution in [-0.2, 0) is 20.1 Å². The van der Waals surface area contributed by atoms with Crippen molar-refractivity contribution in [3.63, 3.8) is 0 Å². The molecule has 5 heteroatoms. The van der Waals surface area contributed by atoms with Gasteiger partial charge in [-0.15, -0.1) is 71.8 Å². The van der Waals surface area contributed by atoms with Gasteiger partial charge in [-0.05, 0) is 81.7 Å². The largest absolute Gasteiger partial charge is 0.456 e. The fourth-order valence-corrected chi connectivity index (χ4v) is 7.42. The van der Waals surface area contributed by atoms with Crippen LogP contribution in [0.1, 0.15) is 0 Å². The minimum absolute atomic E-state index is 0. The van der Waals surface area contributed by atoms with E-state index < -0.39 is 0 Å². The number of furan rings is 2. The van der Waals surface area contributed by atoms with Gasteiger partial charge in [0.15, 0.2) is 0 Å². The molecule has 0 aliphatic heterocycles. The number of aromatic nitrogens is 2. The second-order valence-corrected chi connectivity index (χ2v) is 13.6. The summed E-state index contributed by atoms with van der Waals surface area (Å²) in [5.74, 6) is 0. The summed E-state index contributed by atoms with van der Waals surface area (Å²) in [5, 5.41) is 4.25. The Kier molecular flexibility index (Phi) is 9.84. The van der Waals surface area contributed by atoms with Gasteiger partial charge in [-0.3, -0.25) is 0 Å². The maximum atomic E-state index is 6.75. The number of fused-ring (bicyclic) bond motifs is 7. The molecule has 0 fully saturated rings. The fraction of sp³-hybridized carbons (Fsp3) is 0. The van der Waals surface area contributed by atoms with Crippen LogP contribution in [0.5, 0.6) is 0 Å². The Morgan fingerprint density at radius 1 is 0.386 bits per heavy atom. The van der Waals surface area contributed by atoms with Gasteiger partial charge >= 0.3 is 0 Å². The Morgan fingerprint density at radius 3 is 1.58 bits per heavy atom. The molecule has 0 saturated carbocycles. The molecule has 1 radical (unpaired) electrons. The van der Waals surface area contributed by atoms with E-state index in [-0.39, 0.29) is 20.1 Å². The average Bonchev–Trinajstić information content (AvgIpc) is 3.85. The molecule has 11 aromatic rings. The Bertz CT molecular complexity index is 3070. The zero-order valence-electron chi connectivity index (χ0n) is 30.5. The van der Waals surface area contributed by atoms with Crippen LogP contribution in [0.25, 0.3) is 99.8 Å². The van der Waals surface area contributed by atoms with Gasteiger partial charge in [0.2, 0.25) is 0 Å². The molecule has 0 amide bonds. The summed E-state index contributed by atoms with van der Waals surface area (Å²) in [6, 6.07) is 68.1. The van der Waals surface area contributed by atoms with E-state index in [1.54, 1.807) is 6.20 Å². The Balaban J connectivity index is 0.000000279. The Hall–Kier alpha value is -6.91. The molecular formula is C52H32IrN2O2-2. The topological polar surface area (TPSA) is 52.1 Å². The van der Waals surface area contributed by atoms with E-state index in [0.717, 1.165) is 94.2 Å². The molecule has 11 rings (SSSR count). The number of nitrogens with zero attached hydrogens (tertiary/aromatic N) is 2. The number of benzene rings is 7. The first-order valence-electron chi connectivity index (χ1n) is 18.5. The molecule has 0 spiro atoms. The molecule has 0 atom stereocenters. The molecule has 0 N–H and O–H groups in total. The molecule has 4 aromatic heterocycles. The minimum Gasteiger partial charge on any atom is -0.456 e. The van der Waals surface area contributed by atoms with Crippen molar-refractivity contribution in [2.75, 3.05) is 0 Å². The van der Waals surface area contributed by atoms with Crippen LogP contribution < -0.4 is 0 Å². The van der Waals surface area contributed by atoms with Crippen molar-refractivity contribution in [2.24, 2.45) is 0 Å². The standard InChI is InChI=1S/C41H24NO2.C11H8N.Ir/c1-4-10-26(11-5-1)29-16-18-36-33(22-29)39-38(43-36)25-32(31-20-21-42-35(24-31)28-14-8-3-9-15-28)41-40(39)34-23-30(17-19-37(34)44-41)27-12-6-2-7-13-27;1-2-6-10(7-3-1)11-8-4-5-9-12-11;/h1-14,16-25H;1-6,8-9H;/q2*-1;. The van der Waals surface area contributed by atoms with Crippen LogP contribution in [0.4, 0.5) is 0 Å². The predicted octanol–water partition coefficient (Wildman–Crippen LogP) is 13.9. The van der Waals surface area contributed by atoms with Gasteiger partial charge < -0.3 is 18.8 Å². The van der Waals surface area contributed by atoms with Crippen molar-refractivity contribution in [3.05, 3.63) is 207 Å². The number of pyridine rings is 2. The van der Waals surface area contributed by atoms with E-state index in [2.05, 4.69) is 119 Å². The first-order valence-corrected chi connectivity index (χ1v) is 18.5. The molecule has 4 heterocycles. The second-order valence-electron chi connectivity index (χ2n) is 13.6. The Morgan fingerprint density at radius 2 is 0.965 bits per heavy atom. The summed E-state index contributed by atoms with van der Waals surface area (Å²) < 4.78 is 13.3. The first kappa shape index (κ1) is 35.8. The van der Waals surface area contributed by atoms with Gasteiger partial charge in [-0.2, -0.15) is 0 Å². The van der Waals surface area contributed by atoms with E-state index in [1.807, 2.05) is 91.1 Å². The molecule has 7 aromatic carbocycles. The fourth-order valence-electron chi connectivity index (χ4n) is 7.42.